The van der Waals surface area contributed by atoms with E-state index in [0.29, 0.717) is 0 Å². The summed E-state index contributed by atoms with van der Waals surface area (Å²) < 4.78 is 5.58. The van der Waals surface area contributed by atoms with Gasteiger partial charge in [0.25, 0.3) is 0 Å². The summed E-state index contributed by atoms with van der Waals surface area (Å²) >= 11 is 0. The fraction of sp³-hybridized carbons (Fsp3) is 0.350. The van der Waals surface area contributed by atoms with Crippen LogP contribution >= 0.6 is 0 Å². The van der Waals surface area contributed by atoms with Crippen LogP contribution in [-0.4, -0.2) is 4.98 Å². The summed E-state index contributed by atoms with van der Waals surface area (Å²) in [5, 5.41) is 0. The molecule has 1 heterocycles. The summed E-state index contributed by atoms with van der Waals surface area (Å²) in [4.78, 5) is 4.34. The number of nitrogens with zero attached hydrogens (tertiary/aromatic N) is 1. The molecule has 4 rings (SSSR count). The van der Waals surface area contributed by atoms with E-state index >= 15 is 0 Å². The van der Waals surface area contributed by atoms with E-state index in [-0.39, 0.29) is 5.41 Å². The van der Waals surface area contributed by atoms with E-state index in [1.807, 2.05) is 0 Å². The Hall–Kier alpha value is -2.09. The molecule has 0 fully saturated rings. The largest absolute Gasteiger partial charge is 0.443 e. The lowest BCUT2D eigenvalue weighted by atomic mass is 9.71. The molecule has 2 heteroatoms. The van der Waals surface area contributed by atoms with E-state index in [4.69, 9.17) is 4.42 Å². The first-order chi connectivity index (χ1) is 10.8. The summed E-state index contributed by atoms with van der Waals surface area (Å²) in [6, 6.07) is 13.3. The molecule has 0 radical (unpaired) electrons. The van der Waals surface area contributed by atoms with Gasteiger partial charge in [-0.3, -0.25) is 0 Å². The summed E-state index contributed by atoms with van der Waals surface area (Å²) in [5.74, 6) is 0. The van der Waals surface area contributed by atoms with Gasteiger partial charge in [-0.05, 0) is 47.2 Å². The first kappa shape index (κ1) is 13.6. The molecule has 2 aromatic carbocycles. The van der Waals surface area contributed by atoms with Crippen molar-refractivity contribution in [1.82, 2.24) is 4.98 Å². The van der Waals surface area contributed by atoms with Crippen LogP contribution in [0, 0.1) is 0 Å². The normalized spacial score (nSPS) is 15.0. The Balaban J connectivity index is 2.07. The lowest BCUT2D eigenvalue weighted by molar-refractivity contribution is 0.435. The Morgan fingerprint density at radius 3 is 2.50 bits per heavy atom. The van der Waals surface area contributed by atoms with E-state index in [0.717, 1.165) is 11.1 Å². The van der Waals surface area contributed by atoms with Crippen molar-refractivity contribution in [3.63, 3.8) is 0 Å². The van der Waals surface area contributed by atoms with Crippen LogP contribution in [0.4, 0.5) is 0 Å². The Morgan fingerprint density at radius 2 is 1.73 bits per heavy atom. The molecular weight excluding hydrogens is 270 g/mol. The van der Waals surface area contributed by atoms with Gasteiger partial charge in [0.05, 0.1) is 0 Å². The van der Waals surface area contributed by atoms with Gasteiger partial charge < -0.3 is 4.42 Å². The average molecular weight is 291 g/mol. The van der Waals surface area contributed by atoms with E-state index in [2.05, 4.69) is 55.2 Å². The van der Waals surface area contributed by atoms with Gasteiger partial charge in [-0.2, -0.15) is 0 Å². The summed E-state index contributed by atoms with van der Waals surface area (Å²) in [7, 11) is 0. The van der Waals surface area contributed by atoms with Gasteiger partial charge in [0.1, 0.15) is 5.52 Å². The van der Waals surface area contributed by atoms with Crippen molar-refractivity contribution < 1.29 is 4.42 Å². The lowest BCUT2D eigenvalue weighted by Gasteiger charge is -2.31. The maximum absolute atomic E-state index is 5.58. The highest BCUT2D eigenvalue weighted by Crippen LogP contribution is 2.54. The second-order valence-electron chi connectivity index (χ2n) is 6.35. The lowest BCUT2D eigenvalue weighted by Crippen LogP contribution is -2.24. The monoisotopic (exact) mass is 291 g/mol. The number of hydrogen-bond acceptors (Lipinski definition) is 2. The number of rotatable bonds is 4. The molecule has 112 valence electrons. The minimum atomic E-state index is 0.135. The molecule has 22 heavy (non-hydrogen) atoms. The number of benzene rings is 2. The number of hydrogen-bond donors (Lipinski definition) is 0. The first-order valence-corrected chi connectivity index (χ1v) is 8.28. The molecule has 1 aromatic heterocycles. The number of aromatic nitrogens is 1. The molecule has 0 aliphatic heterocycles. The van der Waals surface area contributed by atoms with Gasteiger partial charge in [-0.15, -0.1) is 0 Å². The van der Waals surface area contributed by atoms with Crippen LogP contribution in [-0.2, 0) is 5.41 Å². The smallest absolute Gasteiger partial charge is 0.181 e. The molecule has 0 saturated heterocycles. The third kappa shape index (κ3) is 1.70. The van der Waals surface area contributed by atoms with Crippen LogP contribution in [0.5, 0.6) is 0 Å². The zero-order valence-corrected chi connectivity index (χ0v) is 13.2. The standard InChI is InChI=1S/C20H21NO/c1-3-9-20(10-4-2)16-8-6-5-7-14(16)15-11-18-19(12-17(15)20)22-13-21-18/h5-8,11-13H,3-4,9-10H2,1-2H3. The van der Waals surface area contributed by atoms with Crippen LogP contribution in [0.1, 0.15) is 50.7 Å². The topological polar surface area (TPSA) is 26.0 Å². The maximum Gasteiger partial charge on any atom is 0.181 e. The Morgan fingerprint density at radius 1 is 0.955 bits per heavy atom. The molecule has 0 unspecified atom stereocenters. The van der Waals surface area contributed by atoms with Gasteiger partial charge in [-0.1, -0.05) is 51.0 Å². The van der Waals surface area contributed by atoms with Gasteiger partial charge in [0, 0.05) is 5.41 Å². The summed E-state index contributed by atoms with van der Waals surface area (Å²) in [5.41, 5.74) is 7.64. The fourth-order valence-electron chi connectivity index (χ4n) is 4.32. The zero-order valence-electron chi connectivity index (χ0n) is 13.2. The average Bonchev–Trinajstić information content (AvgIpc) is 3.09. The number of fused-ring (bicyclic) bond motifs is 4. The highest BCUT2D eigenvalue weighted by molar-refractivity contribution is 5.89. The molecule has 0 bridgehead atoms. The Bertz CT molecular complexity index is 825. The van der Waals surface area contributed by atoms with Gasteiger partial charge >= 0.3 is 0 Å². The molecule has 0 saturated carbocycles. The molecule has 1 aliphatic carbocycles. The van der Waals surface area contributed by atoms with Gasteiger partial charge in [0.2, 0.25) is 0 Å². The zero-order chi connectivity index (χ0) is 15.2. The number of oxazole rings is 1. The second kappa shape index (κ2) is 4.98. The molecule has 1 aliphatic rings. The van der Waals surface area contributed by atoms with Crippen molar-refractivity contribution >= 4 is 11.1 Å². The molecule has 0 amide bonds. The highest BCUT2D eigenvalue weighted by Gasteiger charge is 2.42. The van der Waals surface area contributed by atoms with E-state index in [1.54, 1.807) is 6.39 Å². The predicted octanol–water partition coefficient (Wildman–Crippen LogP) is 5.69. The Labute approximate surface area is 131 Å². The minimum Gasteiger partial charge on any atom is -0.443 e. The van der Waals surface area contributed by atoms with Crippen molar-refractivity contribution in [1.29, 1.82) is 0 Å². The minimum absolute atomic E-state index is 0.135. The predicted molar refractivity (Wildman–Crippen MR) is 90.0 cm³/mol. The third-order valence-electron chi connectivity index (χ3n) is 5.07. The third-order valence-corrected chi connectivity index (χ3v) is 5.07. The van der Waals surface area contributed by atoms with Crippen LogP contribution in [0.25, 0.3) is 22.2 Å². The van der Waals surface area contributed by atoms with Crippen molar-refractivity contribution in [3.8, 4) is 11.1 Å². The quantitative estimate of drug-likeness (QED) is 0.616. The Kier molecular flexibility index (Phi) is 3.07. The second-order valence-corrected chi connectivity index (χ2v) is 6.35. The maximum atomic E-state index is 5.58. The van der Waals surface area contributed by atoms with Gasteiger partial charge in [-0.25, -0.2) is 4.98 Å². The van der Waals surface area contributed by atoms with Crippen molar-refractivity contribution in [2.75, 3.05) is 0 Å². The first-order valence-electron chi connectivity index (χ1n) is 8.28. The molecule has 0 spiro atoms. The van der Waals surface area contributed by atoms with Crippen LogP contribution in [0.3, 0.4) is 0 Å². The summed E-state index contributed by atoms with van der Waals surface area (Å²) in [6.07, 6.45) is 6.28. The van der Waals surface area contributed by atoms with E-state index in [9.17, 15) is 0 Å². The van der Waals surface area contributed by atoms with Crippen molar-refractivity contribution in [2.45, 2.75) is 44.9 Å². The molecule has 0 N–H and O–H groups in total. The van der Waals surface area contributed by atoms with Crippen LogP contribution in [0.2, 0.25) is 0 Å². The van der Waals surface area contributed by atoms with E-state index in [1.165, 1.54) is 47.9 Å². The molecule has 2 nitrogen and oxygen atoms in total. The van der Waals surface area contributed by atoms with Crippen molar-refractivity contribution in [3.05, 3.63) is 53.9 Å². The molecular formula is C20H21NO. The van der Waals surface area contributed by atoms with Crippen LogP contribution in [0.15, 0.2) is 47.2 Å². The molecule has 0 atom stereocenters. The van der Waals surface area contributed by atoms with Crippen molar-refractivity contribution in [2.24, 2.45) is 0 Å². The SMILES string of the molecule is CCCC1(CCC)c2ccccc2-c2cc3ncoc3cc21. The van der Waals surface area contributed by atoms with E-state index < -0.39 is 0 Å². The molecule has 3 aromatic rings. The van der Waals surface area contributed by atoms with Gasteiger partial charge in [0.15, 0.2) is 12.0 Å². The summed E-state index contributed by atoms with van der Waals surface area (Å²) in [6.45, 7) is 4.57. The fourth-order valence-corrected chi connectivity index (χ4v) is 4.32. The highest BCUT2D eigenvalue weighted by atomic mass is 16.3. The van der Waals surface area contributed by atoms with Crippen LogP contribution < -0.4 is 0 Å².